The van der Waals surface area contributed by atoms with Gasteiger partial charge in [0.05, 0.1) is 6.61 Å². The third kappa shape index (κ3) is 2.87. The standard InChI is InChI=1S/C20H23NO2/c22-14-15-1-3-16(4-2-15)17-5-6-19-18(13-17)7-8-20(23-19)9-11-21-12-10-20/h1-6,13,21-22H,7-12,14H2. The monoisotopic (exact) mass is 309 g/mol. The van der Waals surface area contributed by atoms with Gasteiger partial charge in [-0.05, 0) is 73.2 Å². The molecule has 2 aliphatic heterocycles. The number of nitrogens with one attached hydrogen (secondary N) is 1. The third-order valence-corrected chi connectivity index (χ3v) is 5.22. The van der Waals surface area contributed by atoms with Crippen LogP contribution in [-0.4, -0.2) is 23.8 Å². The van der Waals surface area contributed by atoms with Crippen molar-refractivity contribution in [1.82, 2.24) is 5.32 Å². The number of ether oxygens (including phenoxy) is 1. The zero-order valence-corrected chi connectivity index (χ0v) is 13.3. The molecule has 0 bridgehead atoms. The molecule has 0 atom stereocenters. The van der Waals surface area contributed by atoms with Gasteiger partial charge in [0, 0.05) is 0 Å². The normalized spacial score (nSPS) is 19.2. The highest BCUT2D eigenvalue weighted by molar-refractivity contribution is 5.66. The van der Waals surface area contributed by atoms with Crippen LogP contribution in [0.3, 0.4) is 0 Å². The molecule has 0 aromatic heterocycles. The Morgan fingerprint density at radius 1 is 0.957 bits per heavy atom. The molecular formula is C20H23NO2. The predicted octanol–water partition coefficient (Wildman–Crippen LogP) is 3.29. The Morgan fingerprint density at radius 3 is 2.43 bits per heavy atom. The second-order valence-electron chi connectivity index (χ2n) is 6.71. The molecule has 1 saturated heterocycles. The highest BCUT2D eigenvalue weighted by Gasteiger charge is 2.37. The zero-order chi connectivity index (χ0) is 15.7. The summed E-state index contributed by atoms with van der Waals surface area (Å²) in [6.45, 7) is 2.21. The van der Waals surface area contributed by atoms with Gasteiger partial charge in [-0.25, -0.2) is 0 Å². The highest BCUT2D eigenvalue weighted by Crippen LogP contribution is 2.39. The van der Waals surface area contributed by atoms with Crippen LogP contribution >= 0.6 is 0 Å². The van der Waals surface area contributed by atoms with E-state index in [0.717, 1.165) is 50.1 Å². The summed E-state index contributed by atoms with van der Waals surface area (Å²) < 4.78 is 6.41. The van der Waals surface area contributed by atoms with E-state index in [9.17, 15) is 0 Å². The van der Waals surface area contributed by atoms with Crippen LogP contribution in [0, 0.1) is 0 Å². The summed E-state index contributed by atoms with van der Waals surface area (Å²) in [4.78, 5) is 0. The van der Waals surface area contributed by atoms with Gasteiger partial charge < -0.3 is 15.2 Å². The van der Waals surface area contributed by atoms with E-state index in [0.29, 0.717) is 0 Å². The first-order valence-electron chi connectivity index (χ1n) is 8.51. The number of rotatable bonds is 2. The van der Waals surface area contributed by atoms with Gasteiger partial charge in [-0.2, -0.15) is 0 Å². The molecular weight excluding hydrogens is 286 g/mol. The summed E-state index contributed by atoms with van der Waals surface area (Å²) in [5.41, 5.74) is 4.73. The lowest BCUT2D eigenvalue weighted by molar-refractivity contribution is 0.0170. The molecule has 3 nitrogen and oxygen atoms in total. The van der Waals surface area contributed by atoms with Crippen LogP contribution in [0.1, 0.15) is 30.4 Å². The molecule has 1 fully saturated rings. The first kappa shape index (κ1) is 14.7. The van der Waals surface area contributed by atoms with Crippen molar-refractivity contribution in [2.24, 2.45) is 0 Å². The number of piperidine rings is 1. The van der Waals surface area contributed by atoms with E-state index in [1.807, 2.05) is 12.1 Å². The number of hydrogen-bond acceptors (Lipinski definition) is 3. The van der Waals surface area contributed by atoms with Crippen molar-refractivity contribution in [3.8, 4) is 16.9 Å². The van der Waals surface area contributed by atoms with Crippen molar-refractivity contribution in [3.63, 3.8) is 0 Å². The minimum Gasteiger partial charge on any atom is -0.487 e. The number of aliphatic hydroxyl groups is 1. The Kier molecular flexibility index (Phi) is 3.83. The second kappa shape index (κ2) is 5.99. The molecule has 23 heavy (non-hydrogen) atoms. The van der Waals surface area contributed by atoms with Crippen LogP contribution in [0.25, 0.3) is 11.1 Å². The van der Waals surface area contributed by atoms with Crippen LogP contribution in [0.4, 0.5) is 0 Å². The Bertz CT molecular complexity index is 687. The smallest absolute Gasteiger partial charge is 0.123 e. The Hall–Kier alpha value is -1.84. The summed E-state index contributed by atoms with van der Waals surface area (Å²) in [5, 5.41) is 12.6. The van der Waals surface area contributed by atoms with Gasteiger partial charge >= 0.3 is 0 Å². The van der Waals surface area contributed by atoms with Crippen molar-refractivity contribution in [1.29, 1.82) is 0 Å². The van der Waals surface area contributed by atoms with Gasteiger partial charge in [-0.1, -0.05) is 30.3 Å². The summed E-state index contributed by atoms with van der Waals surface area (Å²) in [6, 6.07) is 14.7. The molecule has 120 valence electrons. The topological polar surface area (TPSA) is 41.5 Å². The van der Waals surface area contributed by atoms with Gasteiger partial charge in [0.1, 0.15) is 11.4 Å². The van der Waals surface area contributed by atoms with Crippen molar-refractivity contribution in [2.75, 3.05) is 13.1 Å². The Labute approximate surface area is 137 Å². The van der Waals surface area contributed by atoms with Crippen LogP contribution in [0.15, 0.2) is 42.5 Å². The molecule has 0 aliphatic carbocycles. The predicted molar refractivity (Wildman–Crippen MR) is 91.6 cm³/mol. The molecule has 2 aromatic carbocycles. The molecule has 4 rings (SSSR count). The van der Waals surface area contributed by atoms with E-state index in [1.165, 1.54) is 16.7 Å². The fraction of sp³-hybridized carbons (Fsp3) is 0.400. The largest absolute Gasteiger partial charge is 0.487 e. The lowest BCUT2D eigenvalue weighted by Crippen LogP contribution is -2.48. The quantitative estimate of drug-likeness (QED) is 0.894. The minimum atomic E-state index is 0.0581. The molecule has 2 aromatic rings. The molecule has 3 heteroatoms. The molecule has 2 N–H and O–H groups in total. The maximum atomic E-state index is 9.16. The van der Waals surface area contributed by atoms with Crippen molar-refractivity contribution in [2.45, 2.75) is 37.9 Å². The maximum Gasteiger partial charge on any atom is 0.123 e. The van der Waals surface area contributed by atoms with Crippen molar-refractivity contribution < 1.29 is 9.84 Å². The minimum absolute atomic E-state index is 0.0581. The molecule has 0 saturated carbocycles. The second-order valence-corrected chi connectivity index (χ2v) is 6.71. The average molecular weight is 309 g/mol. The number of hydrogen-bond donors (Lipinski definition) is 2. The average Bonchev–Trinajstić information content (AvgIpc) is 2.62. The number of aliphatic hydroxyl groups excluding tert-OH is 1. The fourth-order valence-electron chi connectivity index (χ4n) is 3.74. The lowest BCUT2D eigenvalue weighted by Gasteiger charge is -2.41. The molecule has 2 aliphatic rings. The van der Waals surface area contributed by atoms with Gasteiger partial charge in [0.15, 0.2) is 0 Å². The number of aryl methyl sites for hydroxylation is 1. The van der Waals surface area contributed by atoms with E-state index in [1.54, 1.807) is 0 Å². The van der Waals surface area contributed by atoms with Gasteiger partial charge in [0.2, 0.25) is 0 Å². The van der Waals surface area contributed by atoms with Gasteiger partial charge in [-0.15, -0.1) is 0 Å². The fourth-order valence-corrected chi connectivity index (χ4v) is 3.74. The molecule has 2 heterocycles. The summed E-state index contributed by atoms with van der Waals surface area (Å²) in [6.07, 6.45) is 4.43. The maximum absolute atomic E-state index is 9.16. The molecule has 1 spiro atoms. The molecule has 0 radical (unpaired) electrons. The van der Waals surface area contributed by atoms with Crippen molar-refractivity contribution >= 4 is 0 Å². The molecule has 0 amide bonds. The first-order valence-corrected chi connectivity index (χ1v) is 8.51. The first-order chi connectivity index (χ1) is 11.3. The highest BCUT2D eigenvalue weighted by atomic mass is 16.5. The van der Waals surface area contributed by atoms with Crippen LogP contribution in [-0.2, 0) is 13.0 Å². The third-order valence-electron chi connectivity index (χ3n) is 5.22. The van der Waals surface area contributed by atoms with Crippen LogP contribution < -0.4 is 10.1 Å². The number of benzene rings is 2. The lowest BCUT2D eigenvalue weighted by atomic mass is 9.83. The Balaban J connectivity index is 1.59. The van der Waals surface area contributed by atoms with Gasteiger partial charge in [0.25, 0.3) is 0 Å². The SMILES string of the molecule is OCc1ccc(-c2ccc3c(c2)CCC2(CCNCC2)O3)cc1. The van der Waals surface area contributed by atoms with Gasteiger partial charge in [-0.3, -0.25) is 0 Å². The number of fused-ring (bicyclic) bond motifs is 1. The molecule has 0 unspecified atom stereocenters. The van der Waals surface area contributed by atoms with Crippen LogP contribution in [0.5, 0.6) is 5.75 Å². The Morgan fingerprint density at radius 2 is 1.70 bits per heavy atom. The van der Waals surface area contributed by atoms with E-state index in [2.05, 4.69) is 35.6 Å². The van der Waals surface area contributed by atoms with Crippen LogP contribution in [0.2, 0.25) is 0 Å². The van der Waals surface area contributed by atoms with Crippen molar-refractivity contribution in [3.05, 3.63) is 53.6 Å². The zero-order valence-electron chi connectivity index (χ0n) is 13.3. The summed E-state index contributed by atoms with van der Waals surface area (Å²) in [7, 11) is 0. The summed E-state index contributed by atoms with van der Waals surface area (Å²) >= 11 is 0. The van der Waals surface area contributed by atoms with E-state index in [-0.39, 0.29) is 12.2 Å². The van der Waals surface area contributed by atoms with E-state index >= 15 is 0 Å². The summed E-state index contributed by atoms with van der Waals surface area (Å²) in [5.74, 6) is 1.06. The van der Waals surface area contributed by atoms with E-state index < -0.39 is 0 Å². The van der Waals surface area contributed by atoms with E-state index in [4.69, 9.17) is 9.84 Å².